The fraction of sp³-hybridized carbons (Fsp3) is 0. The SMILES string of the molecule is [2H]c1c([2H])c([2H])c2c(c1[2H])c1c([2H])c([2H])c([2H])c([2H])c1n2-c1c(-c2ccc3ccccc3c2)cccc1-c1nc(-c2ccccc2)nc(-c2ccc3c(c2)sc2ccccc23)n1. The third-order valence-electron chi connectivity index (χ3n) is 9.90. The zero-order valence-electron chi connectivity index (χ0n) is 36.4. The van der Waals surface area contributed by atoms with Crippen molar-refractivity contribution >= 4 is 64.1 Å². The van der Waals surface area contributed by atoms with Crippen molar-refractivity contribution in [3.05, 3.63) is 182 Å². The van der Waals surface area contributed by atoms with Crippen LogP contribution in [-0.2, 0) is 0 Å². The van der Waals surface area contributed by atoms with Gasteiger partial charge in [0.15, 0.2) is 17.5 Å². The maximum absolute atomic E-state index is 9.39. The molecule has 5 heteroatoms. The second-order valence-electron chi connectivity index (χ2n) is 13.0. The molecule has 11 aromatic rings. The summed E-state index contributed by atoms with van der Waals surface area (Å²) in [6, 6.07) is 39.9. The summed E-state index contributed by atoms with van der Waals surface area (Å²) in [6.45, 7) is 0. The van der Waals surface area contributed by atoms with Crippen LogP contribution in [0.5, 0.6) is 0 Å². The highest BCUT2D eigenvalue weighted by molar-refractivity contribution is 7.25. The number of hydrogen-bond acceptors (Lipinski definition) is 4. The van der Waals surface area contributed by atoms with E-state index in [1.165, 1.54) is 4.70 Å². The largest absolute Gasteiger partial charge is 0.308 e. The highest BCUT2D eigenvalue weighted by Gasteiger charge is 2.23. The highest BCUT2D eigenvalue weighted by atomic mass is 32.1. The molecule has 0 spiro atoms. The maximum atomic E-state index is 9.39. The highest BCUT2D eigenvalue weighted by Crippen LogP contribution is 2.42. The maximum Gasteiger partial charge on any atom is 0.166 e. The van der Waals surface area contributed by atoms with Gasteiger partial charge in [-0.2, -0.15) is 0 Å². The van der Waals surface area contributed by atoms with Gasteiger partial charge in [0.05, 0.1) is 27.7 Å². The molecule has 54 heavy (non-hydrogen) atoms. The minimum atomic E-state index is -0.512. The monoisotopic (exact) mass is 714 g/mol. The number of nitrogens with zero attached hydrogens (tertiary/aromatic N) is 4. The fourth-order valence-corrected chi connectivity index (χ4v) is 8.55. The van der Waals surface area contributed by atoms with E-state index >= 15 is 0 Å². The molecule has 0 saturated carbocycles. The van der Waals surface area contributed by atoms with Gasteiger partial charge in [-0.15, -0.1) is 11.3 Å². The number of rotatable bonds is 5. The summed E-state index contributed by atoms with van der Waals surface area (Å²) in [6.07, 6.45) is 0. The van der Waals surface area contributed by atoms with Crippen molar-refractivity contribution in [2.75, 3.05) is 0 Å². The normalized spacial score (nSPS) is 13.8. The summed E-state index contributed by atoms with van der Waals surface area (Å²) in [5.74, 6) is 1.05. The van der Waals surface area contributed by atoms with E-state index < -0.39 is 48.3 Å². The van der Waals surface area contributed by atoms with E-state index in [2.05, 4.69) is 24.3 Å². The lowest BCUT2D eigenvalue weighted by atomic mass is 9.96. The number of para-hydroxylation sites is 3. The number of benzene rings is 8. The second-order valence-corrected chi connectivity index (χ2v) is 14.1. The smallest absolute Gasteiger partial charge is 0.166 e. The van der Waals surface area contributed by atoms with Crippen LogP contribution in [0.1, 0.15) is 11.0 Å². The summed E-state index contributed by atoms with van der Waals surface area (Å²) in [5.41, 5.74) is 3.68. The molecule has 3 aromatic heterocycles. The van der Waals surface area contributed by atoms with Gasteiger partial charge in [0.25, 0.3) is 0 Å². The molecule has 11 rings (SSSR count). The van der Waals surface area contributed by atoms with Crippen LogP contribution in [0.3, 0.4) is 0 Å². The van der Waals surface area contributed by atoms with Gasteiger partial charge in [0.1, 0.15) is 0 Å². The minimum Gasteiger partial charge on any atom is -0.308 e. The van der Waals surface area contributed by atoms with E-state index in [-0.39, 0.29) is 27.6 Å². The van der Waals surface area contributed by atoms with E-state index in [1.807, 2.05) is 109 Å². The van der Waals surface area contributed by atoms with E-state index in [0.717, 1.165) is 42.9 Å². The number of hydrogen-bond donors (Lipinski definition) is 0. The molecule has 252 valence electrons. The van der Waals surface area contributed by atoms with E-state index in [4.69, 9.17) is 23.2 Å². The molecule has 0 saturated heterocycles. The molecule has 3 heterocycles. The zero-order valence-corrected chi connectivity index (χ0v) is 29.2. The Morgan fingerprint density at radius 2 is 1.06 bits per heavy atom. The molecule has 0 fully saturated rings. The Bertz CT molecular complexity index is 3620. The van der Waals surface area contributed by atoms with E-state index in [9.17, 15) is 2.74 Å². The lowest BCUT2D eigenvalue weighted by Crippen LogP contribution is -2.05. The molecule has 0 aliphatic carbocycles. The molecule has 0 amide bonds. The summed E-state index contributed by atoms with van der Waals surface area (Å²) < 4.78 is 75.9. The van der Waals surface area contributed by atoms with Crippen molar-refractivity contribution in [2.45, 2.75) is 0 Å². The zero-order chi connectivity index (χ0) is 42.6. The van der Waals surface area contributed by atoms with Crippen LogP contribution in [0.2, 0.25) is 0 Å². The Balaban J connectivity index is 1.29. The van der Waals surface area contributed by atoms with Gasteiger partial charge in [-0.3, -0.25) is 0 Å². The van der Waals surface area contributed by atoms with E-state index in [0.29, 0.717) is 28.5 Å². The van der Waals surface area contributed by atoms with Crippen molar-refractivity contribution in [3.8, 4) is 51.0 Å². The van der Waals surface area contributed by atoms with Gasteiger partial charge in [-0.1, -0.05) is 145 Å². The van der Waals surface area contributed by atoms with Crippen molar-refractivity contribution in [1.29, 1.82) is 0 Å². The van der Waals surface area contributed by atoms with Gasteiger partial charge in [0.2, 0.25) is 0 Å². The summed E-state index contributed by atoms with van der Waals surface area (Å²) in [7, 11) is 0. The predicted molar refractivity (Wildman–Crippen MR) is 226 cm³/mol. The van der Waals surface area contributed by atoms with Crippen molar-refractivity contribution < 1.29 is 11.0 Å². The van der Waals surface area contributed by atoms with E-state index in [1.54, 1.807) is 15.9 Å². The van der Waals surface area contributed by atoms with Gasteiger partial charge in [-0.25, -0.2) is 15.0 Å². The first kappa shape index (κ1) is 23.6. The first-order chi connectivity index (χ1) is 30.1. The first-order valence-electron chi connectivity index (χ1n) is 21.5. The first-order valence-corrected chi connectivity index (χ1v) is 18.3. The summed E-state index contributed by atoms with van der Waals surface area (Å²) >= 11 is 1.69. The number of aromatic nitrogens is 4. The Kier molecular flexibility index (Phi) is 5.39. The molecule has 0 unspecified atom stereocenters. The molecular formula is C49H30N4S. The minimum absolute atomic E-state index is 0.000245. The van der Waals surface area contributed by atoms with Crippen LogP contribution in [0.15, 0.2) is 182 Å². The Morgan fingerprint density at radius 1 is 0.426 bits per heavy atom. The molecule has 8 aromatic carbocycles. The third kappa shape index (κ3) is 4.94. The summed E-state index contributed by atoms with van der Waals surface area (Å²) in [4.78, 5) is 15.3. The van der Waals surface area contributed by atoms with Gasteiger partial charge >= 0.3 is 0 Å². The Labute approximate surface area is 326 Å². The van der Waals surface area contributed by atoms with Crippen LogP contribution in [-0.4, -0.2) is 19.5 Å². The standard InChI is InChI=1S/C49H30N4S/c1-2-14-32(15-3-1)47-50-48(35-27-28-40-39-19-8-11-24-44(39)54-45(40)30-35)52-49(51-47)41-21-12-20-36(34-26-25-31-13-4-5-16-33(31)29-34)46(41)53-42-22-9-6-17-37(42)38-18-7-10-23-43(38)53/h1-30H/i6D,7D,9D,10D,17D,18D,22D,23D. The summed E-state index contributed by atoms with van der Waals surface area (Å²) in [5, 5.41) is 4.22. The molecule has 0 atom stereocenters. The average Bonchev–Trinajstić information content (AvgIpc) is 3.87. The Hall–Kier alpha value is -6.95. The van der Waals surface area contributed by atoms with Crippen LogP contribution < -0.4 is 0 Å². The molecule has 0 N–H and O–H groups in total. The molecule has 0 aliphatic rings. The quantitative estimate of drug-likeness (QED) is 0.178. The van der Waals surface area contributed by atoms with Crippen LogP contribution in [0.4, 0.5) is 0 Å². The molecular weight excluding hydrogens is 677 g/mol. The average molecular weight is 715 g/mol. The second kappa shape index (κ2) is 12.3. The lowest BCUT2D eigenvalue weighted by molar-refractivity contribution is 1.07. The molecule has 0 radical (unpaired) electrons. The predicted octanol–water partition coefficient (Wildman–Crippen LogP) is 13.2. The van der Waals surface area contributed by atoms with Crippen molar-refractivity contribution in [2.24, 2.45) is 0 Å². The molecule has 0 bridgehead atoms. The van der Waals surface area contributed by atoms with Crippen molar-refractivity contribution in [1.82, 2.24) is 19.5 Å². The Morgan fingerprint density at radius 3 is 1.87 bits per heavy atom. The van der Waals surface area contributed by atoms with Crippen molar-refractivity contribution in [3.63, 3.8) is 0 Å². The van der Waals surface area contributed by atoms with Gasteiger partial charge in [0, 0.05) is 53.2 Å². The molecule has 4 nitrogen and oxygen atoms in total. The number of fused-ring (bicyclic) bond motifs is 7. The number of thiophene rings is 1. The van der Waals surface area contributed by atoms with Gasteiger partial charge in [-0.05, 0) is 52.7 Å². The third-order valence-corrected chi connectivity index (χ3v) is 11.0. The topological polar surface area (TPSA) is 43.6 Å². The van der Waals surface area contributed by atoms with Crippen LogP contribution >= 0.6 is 11.3 Å². The molecule has 0 aliphatic heterocycles. The van der Waals surface area contributed by atoms with Gasteiger partial charge < -0.3 is 4.57 Å². The lowest BCUT2D eigenvalue weighted by Gasteiger charge is -2.19. The van der Waals surface area contributed by atoms with Crippen LogP contribution in [0, 0.1) is 0 Å². The fourth-order valence-electron chi connectivity index (χ4n) is 7.41. The van der Waals surface area contributed by atoms with Crippen LogP contribution in [0.25, 0.3) is 104 Å².